The second-order valence-electron chi connectivity index (χ2n) is 5.93. The first kappa shape index (κ1) is 17.5. The number of carbonyl (C=O) groups is 1. The molecule has 1 aliphatic rings. The third kappa shape index (κ3) is 4.63. The van der Waals surface area contributed by atoms with Crippen LogP contribution in [0.25, 0.3) is 0 Å². The predicted octanol–water partition coefficient (Wildman–Crippen LogP) is 0.124. The Morgan fingerprint density at radius 3 is 3.04 bits per heavy atom. The number of hydrogen-bond donors (Lipinski definition) is 3. The Balaban J connectivity index is 1.47. The zero-order chi connectivity index (χ0) is 17.6. The van der Waals surface area contributed by atoms with Crippen molar-refractivity contribution in [3.05, 3.63) is 12.7 Å². The van der Waals surface area contributed by atoms with Crippen molar-refractivity contribution in [2.75, 3.05) is 24.7 Å². The van der Waals surface area contributed by atoms with E-state index in [0.717, 1.165) is 12.8 Å². The molecule has 2 aromatic heterocycles. The van der Waals surface area contributed by atoms with Gasteiger partial charge in [0.15, 0.2) is 0 Å². The van der Waals surface area contributed by atoms with Gasteiger partial charge in [-0.1, -0.05) is 11.3 Å². The number of anilines is 2. The first-order valence-electron chi connectivity index (χ1n) is 8.14. The van der Waals surface area contributed by atoms with E-state index in [0.29, 0.717) is 29.8 Å². The lowest BCUT2D eigenvalue weighted by Crippen LogP contribution is -2.45. The Morgan fingerprint density at radius 2 is 2.36 bits per heavy atom. The van der Waals surface area contributed by atoms with Crippen LogP contribution >= 0.6 is 11.3 Å². The van der Waals surface area contributed by atoms with Gasteiger partial charge in [0.05, 0.1) is 18.7 Å². The first-order valence-corrected chi connectivity index (χ1v) is 8.95. The predicted molar refractivity (Wildman–Crippen MR) is 92.9 cm³/mol. The highest BCUT2D eigenvalue weighted by atomic mass is 32.1. The average Bonchev–Trinajstić information content (AvgIpc) is 3.27. The van der Waals surface area contributed by atoms with E-state index in [4.69, 9.17) is 10.5 Å². The van der Waals surface area contributed by atoms with Crippen LogP contribution in [-0.2, 0) is 16.1 Å². The van der Waals surface area contributed by atoms with Gasteiger partial charge in [0.25, 0.3) is 0 Å². The summed E-state index contributed by atoms with van der Waals surface area (Å²) in [6.07, 6.45) is 5.32. The second kappa shape index (κ2) is 8.21. The zero-order valence-electron chi connectivity index (χ0n) is 14.0. The molecular weight excluding hydrogens is 344 g/mol. The maximum atomic E-state index is 12.4. The highest BCUT2D eigenvalue weighted by molar-refractivity contribution is 7.18. The Bertz CT molecular complexity index is 676. The topological polar surface area (TPSA) is 133 Å². The van der Waals surface area contributed by atoms with E-state index >= 15 is 0 Å². The Kier molecular flexibility index (Phi) is 5.76. The summed E-state index contributed by atoms with van der Waals surface area (Å²) in [6.45, 7) is 1.14. The highest BCUT2D eigenvalue weighted by Gasteiger charge is 2.34. The van der Waals surface area contributed by atoms with Crippen LogP contribution in [0.2, 0.25) is 0 Å². The first-order chi connectivity index (χ1) is 12.2. The van der Waals surface area contributed by atoms with E-state index in [1.54, 1.807) is 18.1 Å². The SMILES string of the molecule is CO[C@@H]1C[C@@H](C(=O)NCCn2cncn2)CC[C@H]1Nc1nnc(N)s1. The van der Waals surface area contributed by atoms with Crippen molar-refractivity contribution in [1.82, 2.24) is 30.3 Å². The number of methoxy groups -OCH3 is 1. The van der Waals surface area contributed by atoms with E-state index in [9.17, 15) is 4.79 Å². The number of nitrogens with two attached hydrogens (primary N) is 1. The second-order valence-corrected chi connectivity index (χ2v) is 6.94. The molecule has 0 aromatic carbocycles. The fourth-order valence-electron chi connectivity index (χ4n) is 3.03. The van der Waals surface area contributed by atoms with Crippen LogP contribution in [0.4, 0.5) is 10.3 Å². The van der Waals surface area contributed by atoms with E-state index in [-0.39, 0.29) is 24.0 Å². The summed E-state index contributed by atoms with van der Waals surface area (Å²) >= 11 is 1.31. The lowest BCUT2D eigenvalue weighted by atomic mass is 9.83. The quantitative estimate of drug-likeness (QED) is 0.629. The van der Waals surface area contributed by atoms with Gasteiger partial charge < -0.3 is 21.1 Å². The lowest BCUT2D eigenvalue weighted by molar-refractivity contribution is -0.127. The molecule has 2 aromatic rings. The Hall–Kier alpha value is -2.27. The number of amides is 1. The molecule has 1 saturated carbocycles. The molecule has 0 unspecified atom stereocenters. The third-order valence-electron chi connectivity index (χ3n) is 4.32. The molecule has 10 nitrogen and oxygen atoms in total. The normalized spacial score (nSPS) is 23.3. The van der Waals surface area contributed by atoms with Crippen molar-refractivity contribution in [3.63, 3.8) is 0 Å². The lowest BCUT2D eigenvalue weighted by Gasteiger charge is -2.34. The summed E-state index contributed by atoms with van der Waals surface area (Å²) in [4.78, 5) is 16.3. The van der Waals surface area contributed by atoms with Crippen molar-refractivity contribution >= 4 is 27.5 Å². The molecule has 1 fully saturated rings. The van der Waals surface area contributed by atoms with Gasteiger partial charge in [-0.25, -0.2) is 4.98 Å². The number of aromatic nitrogens is 5. The summed E-state index contributed by atoms with van der Waals surface area (Å²) < 4.78 is 7.27. The number of rotatable bonds is 7. The molecule has 3 atom stereocenters. The summed E-state index contributed by atoms with van der Waals surface area (Å²) in [5.74, 6) is -0.000916. The molecule has 0 radical (unpaired) electrons. The summed E-state index contributed by atoms with van der Waals surface area (Å²) in [5, 5.41) is 19.2. The van der Waals surface area contributed by atoms with E-state index < -0.39 is 0 Å². The van der Waals surface area contributed by atoms with Gasteiger partial charge in [0, 0.05) is 19.6 Å². The number of carbonyl (C=O) groups excluding carboxylic acids is 1. The van der Waals surface area contributed by atoms with Gasteiger partial charge in [0.2, 0.25) is 16.2 Å². The molecule has 0 aliphatic heterocycles. The fourth-order valence-corrected chi connectivity index (χ4v) is 3.60. The molecule has 2 heterocycles. The van der Waals surface area contributed by atoms with Crippen LogP contribution in [0.15, 0.2) is 12.7 Å². The molecule has 11 heteroatoms. The van der Waals surface area contributed by atoms with E-state index in [1.807, 2.05) is 0 Å². The molecule has 136 valence electrons. The minimum absolute atomic E-state index is 0.0563. The monoisotopic (exact) mass is 366 g/mol. The van der Waals surface area contributed by atoms with Gasteiger partial charge in [-0.05, 0) is 19.3 Å². The number of nitrogen functional groups attached to an aromatic ring is 1. The molecule has 4 N–H and O–H groups in total. The van der Waals surface area contributed by atoms with Crippen molar-refractivity contribution in [3.8, 4) is 0 Å². The molecule has 25 heavy (non-hydrogen) atoms. The largest absolute Gasteiger partial charge is 0.379 e. The molecule has 0 spiro atoms. The molecule has 1 amide bonds. The van der Waals surface area contributed by atoms with Gasteiger partial charge in [-0.15, -0.1) is 10.2 Å². The number of nitrogens with zero attached hydrogens (tertiary/aromatic N) is 5. The number of ether oxygens (including phenoxy) is 1. The average molecular weight is 366 g/mol. The van der Waals surface area contributed by atoms with Crippen LogP contribution in [-0.4, -0.2) is 56.7 Å². The van der Waals surface area contributed by atoms with Crippen molar-refractivity contribution in [2.24, 2.45) is 5.92 Å². The number of hydrogen-bond acceptors (Lipinski definition) is 9. The molecule has 1 aliphatic carbocycles. The summed E-state index contributed by atoms with van der Waals surface area (Å²) in [6, 6.07) is 0.0940. The zero-order valence-corrected chi connectivity index (χ0v) is 14.8. The highest BCUT2D eigenvalue weighted by Crippen LogP contribution is 2.30. The summed E-state index contributed by atoms with van der Waals surface area (Å²) in [7, 11) is 1.67. The van der Waals surface area contributed by atoms with Crippen molar-refractivity contribution in [1.29, 1.82) is 0 Å². The van der Waals surface area contributed by atoms with Gasteiger partial charge in [-0.3, -0.25) is 9.48 Å². The third-order valence-corrected chi connectivity index (χ3v) is 5.01. The fraction of sp³-hybridized carbons (Fsp3) is 0.643. The van der Waals surface area contributed by atoms with Gasteiger partial charge in [0.1, 0.15) is 12.7 Å². The van der Waals surface area contributed by atoms with Gasteiger partial charge in [-0.2, -0.15) is 5.10 Å². The van der Waals surface area contributed by atoms with Gasteiger partial charge >= 0.3 is 0 Å². The maximum absolute atomic E-state index is 12.4. The van der Waals surface area contributed by atoms with Crippen LogP contribution < -0.4 is 16.4 Å². The van der Waals surface area contributed by atoms with Crippen LogP contribution in [0.1, 0.15) is 19.3 Å². The van der Waals surface area contributed by atoms with E-state index in [1.165, 1.54) is 17.7 Å². The van der Waals surface area contributed by atoms with Crippen LogP contribution in [0.5, 0.6) is 0 Å². The smallest absolute Gasteiger partial charge is 0.223 e. The summed E-state index contributed by atoms with van der Waals surface area (Å²) in [5.41, 5.74) is 5.60. The minimum atomic E-state index is -0.0649. The van der Waals surface area contributed by atoms with Crippen LogP contribution in [0.3, 0.4) is 0 Å². The number of nitrogens with one attached hydrogen (secondary N) is 2. The standard InChI is InChI=1S/C14H22N8O2S/c1-24-11-6-9(12(23)17-4-5-22-8-16-7-18-22)2-3-10(11)19-14-21-20-13(15)25-14/h7-11H,2-6H2,1H3,(H2,15,20)(H,17,23)(H,19,21)/t9-,10+,11+/m0/s1. The molecule has 3 rings (SSSR count). The maximum Gasteiger partial charge on any atom is 0.223 e. The van der Waals surface area contributed by atoms with E-state index in [2.05, 4.69) is 30.9 Å². The molecular formula is C14H22N8O2S. The minimum Gasteiger partial charge on any atom is -0.379 e. The van der Waals surface area contributed by atoms with Crippen molar-refractivity contribution < 1.29 is 9.53 Å². The van der Waals surface area contributed by atoms with Crippen LogP contribution in [0, 0.1) is 5.92 Å². The van der Waals surface area contributed by atoms with Crippen molar-refractivity contribution in [2.45, 2.75) is 38.0 Å². The molecule has 0 saturated heterocycles. The Morgan fingerprint density at radius 1 is 1.48 bits per heavy atom. The Labute approximate surface area is 149 Å². The molecule has 0 bridgehead atoms.